The molecule has 0 spiro atoms. The maximum atomic E-state index is 12.4. The lowest BCUT2D eigenvalue weighted by Crippen LogP contribution is -2.34. The first-order valence-corrected chi connectivity index (χ1v) is 6.78. The van der Waals surface area contributed by atoms with Crippen LogP contribution >= 0.6 is 11.8 Å². The van der Waals surface area contributed by atoms with Crippen LogP contribution in [0.5, 0.6) is 0 Å². The van der Waals surface area contributed by atoms with Crippen LogP contribution in [0.15, 0.2) is 29.2 Å². The molecule has 0 aliphatic rings. The van der Waals surface area contributed by atoms with Crippen molar-refractivity contribution >= 4 is 23.6 Å². The van der Waals surface area contributed by atoms with Crippen LogP contribution in [0.3, 0.4) is 0 Å². The molecule has 0 saturated heterocycles. The van der Waals surface area contributed by atoms with Gasteiger partial charge in [-0.1, -0.05) is 23.9 Å². The Morgan fingerprint density at radius 2 is 1.95 bits per heavy atom. The molecule has 0 radical (unpaired) electrons. The predicted molar refractivity (Wildman–Crippen MR) is 71.9 cm³/mol. The van der Waals surface area contributed by atoms with Gasteiger partial charge < -0.3 is 10.1 Å². The molecule has 0 atom stereocenters. The second-order valence-corrected chi connectivity index (χ2v) is 5.20. The summed E-state index contributed by atoms with van der Waals surface area (Å²) in [5.74, 6) is -3.87. The van der Waals surface area contributed by atoms with E-state index in [1.54, 1.807) is 26.0 Å². The number of carbonyl (C=O) groups is 2. The number of alkyl halides is 2. The SMILES string of the molecule is CC(C)NC(=O)COC(=O)c1ccccc1SC(F)F. The van der Waals surface area contributed by atoms with E-state index >= 15 is 0 Å². The summed E-state index contributed by atoms with van der Waals surface area (Å²) < 4.78 is 29.5. The molecular formula is C13H15F2NO3S. The van der Waals surface area contributed by atoms with E-state index in [-0.39, 0.29) is 28.3 Å². The molecule has 20 heavy (non-hydrogen) atoms. The van der Waals surface area contributed by atoms with Crippen molar-refractivity contribution in [2.24, 2.45) is 0 Å². The van der Waals surface area contributed by atoms with Crippen LogP contribution < -0.4 is 5.32 Å². The lowest BCUT2D eigenvalue weighted by Gasteiger charge is -2.10. The van der Waals surface area contributed by atoms with E-state index in [9.17, 15) is 18.4 Å². The van der Waals surface area contributed by atoms with Gasteiger partial charge in [0.15, 0.2) is 6.61 Å². The fourth-order valence-corrected chi connectivity index (χ4v) is 2.03. The number of amides is 1. The summed E-state index contributed by atoms with van der Waals surface area (Å²) in [7, 11) is 0. The van der Waals surface area contributed by atoms with E-state index in [2.05, 4.69) is 5.32 Å². The third-order valence-electron chi connectivity index (χ3n) is 2.11. The smallest absolute Gasteiger partial charge is 0.339 e. The van der Waals surface area contributed by atoms with Gasteiger partial charge in [-0.3, -0.25) is 4.79 Å². The predicted octanol–water partition coefficient (Wildman–Crippen LogP) is 2.68. The lowest BCUT2D eigenvalue weighted by atomic mass is 10.2. The van der Waals surface area contributed by atoms with Gasteiger partial charge in [0.2, 0.25) is 0 Å². The van der Waals surface area contributed by atoms with Crippen LogP contribution in [0.1, 0.15) is 24.2 Å². The zero-order chi connectivity index (χ0) is 15.1. The van der Waals surface area contributed by atoms with Crippen LogP contribution in [0.2, 0.25) is 0 Å². The maximum absolute atomic E-state index is 12.4. The molecular weight excluding hydrogens is 288 g/mol. The van der Waals surface area contributed by atoms with Gasteiger partial charge in [-0.05, 0) is 26.0 Å². The average molecular weight is 303 g/mol. The minimum Gasteiger partial charge on any atom is -0.452 e. The second-order valence-electron chi connectivity index (χ2n) is 4.17. The molecule has 0 heterocycles. The molecule has 110 valence electrons. The van der Waals surface area contributed by atoms with Gasteiger partial charge in [-0.2, -0.15) is 8.78 Å². The van der Waals surface area contributed by atoms with Gasteiger partial charge in [0.05, 0.1) is 5.56 Å². The number of nitrogens with one attached hydrogen (secondary N) is 1. The number of carbonyl (C=O) groups excluding carboxylic acids is 2. The standard InChI is InChI=1S/C13H15F2NO3S/c1-8(2)16-11(17)7-19-12(18)9-5-3-4-6-10(9)20-13(14)15/h3-6,8,13H,7H2,1-2H3,(H,16,17). The highest BCUT2D eigenvalue weighted by Crippen LogP contribution is 2.28. The van der Waals surface area contributed by atoms with Gasteiger partial charge in [0.1, 0.15) is 0 Å². The number of ether oxygens (including phenoxy) is 1. The fourth-order valence-electron chi connectivity index (χ4n) is 1.41. The molecule has 0 aliphatic heterocycles. The highest BCUT2D eigenvalue weighted by atomic mass is 32.2. The molecule has 1 amide bonds. The van der Waals surface area contributed by atoms with Crippen molar-refractivity contribution in [3.8, 4) is 0 Å². The molecule has 0 aromatic heterocycles. The summed E-state index contributed by atoms with van der Waals surface area (Å²) in [6.45, 7) is 3.10. The van der Waals surface area contributed by atoms with Crippen LogP contribution in [0.4, 0.5) is 8.78 Å². The van der Waals surface area contributed by atoms with Crippen molar-refractivity contribution < 1.29 is 23.1 Å². The molecule has 1 aromatic rings. The molecule has 4 nitrogen and oxygen atoms in total. The number of thioether (sulfide) groups is 1. The van der Waals surface area contributed by atoms with Gasteiger partial charge >= 0.3 is 5.97 Å². The van der Waals surface area contributed by atoms with Crippen molar-refractivity contribution in [3.63, 3.8) is 0 Å². The third-order valence-corrected chi connectivity index (χ3v) is 2.90. The molecule has 1 N–H and O–H groups in total. The molecule has 0 aliphatic carbocycles. The number of rotatable bonds is 6. The summed E-state index contributed by atoms with van der Waals surface area (Å²) >= 11 is 0.264. The zero-order valence-corrected chi connectivity index (χ0v) is 11.9. The average Bonchev–Trinajstić information content (AvgIpc) is 2.35. The Kier molecular flexibility index (Phi) is 6.44. The maximum Gasteiger partial charge on any atom is 0.339 e. The Hall–Kier alpha value is -1.63. The molecule has 7 heteroatoms. The van der Waals surface area contributed by atoms with E-state index in [0.717, 1.165) is 0 Å². The monoisotopic (exact) mass is 303 g/mol. The quantitative estimate of drug-likeness (QED) is 0.648. The van der Waals surface area contributed by atoms with Crippen LogP contribution in [-0.2, 0) is 9.53 Å². The molecule has 0 bridgehead atoms. The minimum absolute atomic E-state index is 0.0233. The van der Waals surface area contributed by atoms with E-state index in [1.807, 2.05) is 0 Å². The van der Waals surface area contributed by atoms with Crippen LogP contribution in [0, 0.1) is 0 Å². The summed E-state index contributed by atoms with van der Waals surface area (Å²) in [4.78, 5) is 23.2. The van der Waals surface area contributed by atoms with E-state index in [0.29, 0.717) is 0 Å². The Bertz CT molecular complexity index is 480. The van der Waals surface area contributed by atoms with E-state index < -0.39 is 24.2 Å². The lowest BCUT2D eigenvalue weighted by molar-refractivity contribution is -0.124. The first kappa shape index (κ1) is 16.4. The van der Waals surface area contributed by atoms with Crippen molar-refractivity contribution in [2.45, 2.75) is 30.5 Å². The van der Waals surface area contributed by atoms with Gasteiger partial charge in [0.25, 0.3) is 11.7 Å². The number of hydrogen-bond donors (Lipinski definition) is 1. The number of halogens is 2. The normalized spacial score (nSPS) is 10.7. The summed E-state index contributed by atoms with van der Waals surface area (Å²) in [5.41, 5.74) is 0.0233. The largest absolute Gasteiger partial charge is 0.452 e. The van der Waals surface area contributed by atoms with Crippen molar-refractivity contribution in [2.75, 3.05) is 6.61 Å². The Morgan fingerprint density at radius 1 is 1.30 bits per heavy atom. The first-order valence-electron chi connectivity index (χ1n) is 5.90. The van der Waals surface area contributed by atoms with Crippen molar-refractivity contribution in [3.05, 3.63) is 29.8 Å². The third kappa shape index (κ3) is 5.56. The number of hydrogen-bond acceptors (Lipinski definition) is 4. The molecule has 1 aromatic carbocycles. The number of esters is 1. The minimum atomic E-state index is -2.63. The Morgan fingerprint density at radius 3 is 2.55 bits per heavy atom. The van der Waals surface area contributed by atoms with Gasteiger partial charge in [-0.15, -0.1) is 0 Å². The highest BCUT2D eigenvalue weighted by molar-refractivity contribution is 7.99. The zero-order valence-electron chi connectivity index (χ0n) is 11.1. The van der Waals surface area contributed by atoms with Crippen LogP contribution in [-0.4, -0.2) is 30.3 Å². The van der Waals surface area contributed by atoms with E-state index in [1.165, 1.54) is 12.1 Å². The van der Waals surface area contributed by atoms with Gasteiger partial charge in [-0.25, -0.2) is 4.79 Å². The highest BCUT2D eigenvalue weighted by Gasteiger charge is 2.17. The number of benzene rings is 1. The second kappa shape index (κ2) is 7.84. The molecule has 0 saturated carbocycles. The summed E-state index contributed by atoms with van der Waals surface area (Å²) in [6, 6.07) is 5.81. The van der Waals surface area contributed by atoms with Crippen molar-refractivity contribution in [1.29, 1.82) is 0 Å². The topological polar surface area (TPSA) is 55.4 Å². The van der Waals surface area contributed by atoms with Gasteiger partial charge in [0, 0.05) is 10.9 Å². The fraction of sp³-hybridized carbons (Fsp3) is 0.385. The molecule has 1 rings (SSSR count). The summed E-state index contributed by atoms with van der Waals surface area (Å²) in [6.07, 6.45) is 0. The first-order chi connectivity index (χ1) is 9.40. The van der Waals surface area contributed by atoms with E-state index in [4.69, 9.17) is 4.74 Å². The molecule has 0 fully saturated rings. The summed E-state index contributed by atoms with van der Waals surface area (Å²) in [5, 5.41) is 2.56. The van der Waals surface area contributed by atoms with Crippen LogP contribution in [0.25, 0.3) is 0 Å². The van der Waals surface area contributed by atoms with Crippen molar-refractivity contribution in [1.82, 2.24) is 5.32 Å². The molecule has 0 unspecified atom stereocenters. The Labute approximate surface area is 119 Å². The Balaban J connectivity index is 2.66.